The molecule has 0 aliphatic carbocycles. The molecule has 1 unspecified atom stereocenters. The van der Waals surface area contributed by atoms with Gasteiger partial charge in [0.15, 0.2) is 0 Å². The Morgan fingerprint density at radius 1 is 1.05 bits per heavy atom. The average molecular weight is 296 g/mol. The number of hydrogen-bond acceptors (Lipinski definition) is 4. The Morgan fingerprint density at radius 2 is 1.80 bits per heavy atom. The zero-order valence-electron chi connectivity index (χ0n) is 11.8. The van der Waals surface area contributed by atoms with Crippen molar-refractivity contribution in [2.45, 2.75) is 45.4 Å². The van der Waals surface area contributed by atoms with E-state index in [0.29, 0.717) is 17.9 Å². The van der Waals surface area contributed by atoms with Crippen LogP contribution in [-0.4, -0.2) is 12.6 Å². The third-order valence-electron chi connectivity index (χ3n) is 3.13. The van der Waals surface area contributed by atoms with Crippen molar-refractivity contribution in [3.8, 4) is 5.75 Å². The van der Waals surface area contributed by atoms with E-state index >= 15 is 0 Å². The lowest BCUT2D eigenvalue weighted by atomic mass is 10.1. The maximum absolute atomic E-state index is 11.7. The van der Waals surface area contributed by atoms with Crippen LogP contribution in [0.2, 0.25) is 0 Å². The first-order valence-electron chi connectivity index (χ1n) is 7.23. The Balaban J connectivity index is 1.67. The molecule has 0 amide bonds. The lowest BCUT2D eigenvalue weighted by molar-refractivity contribution is 0.0671. The number of benzene rings is 1. The van der Waals surface area contributed by atoms with Gasteiger partial charge in [-0.1, -0.05) is 51.2 Å². The molecule has 5 heteroatoms. The van der Waals surface area contributed by atoms with Gasteiger partial charge < -0.3 is 9.05 Å². The number of hydrogen-bond donors (Lipinski definition) is 0. The van der Waals surface area contributed by atoms with Crippen molar-refractivity contribution in [2.24, 2.45) is 0 Å². The minimum atomic E-state index is -1.57. The first kappa shape index (κ1) is 15.3. The van der Waals surface area contributed by atoms with E-state index in [1.165, 1.54) is 25.7 Å². The second-order valence-electron chi connectivity index (χ2n) is 4.79. The van der Waals surface area contributed by atoms with Gasteiger partial charge in [-0.3, -0.25) is 4.52 Å². The molecule has 2 rings (SSSR count). The molecular weight excluding hydrogens is 275 g/mol. The minimum absolute atomic E-state index is 0.360. The maximum atomic E-state index is 11.7. The van der Waals surface area contributed by atoms with Crippen LogP contribution >= 0.6 is 8.60 Å². The first-order chi connectivity index (χ1) is 9.81. The van der Waals surface area contributed by atoms with Crippen LogP contribution in [0.25, 0.3) is 0 Å². The van der Waals surface area contributed by atoms with Crippen molar-refractivity contribution in [1.82, 2.24) is 0 Å². The van der Waals surface area contributed by atoms with Crippen LogP contribution in [0, 0.1) is 0 Å². The van der Waals surface area contributed by atoms with Gasteiger partial charge in [0.05, 0.1) is 6.61 Å². The Labute approximate surface area is 121 Å². The van der Waals surface area contributed by atoms with Gasteiger partial charge >= 0.3 is 14.6 Å². The zero-order chi connectivity index (χ0) is 14.2. The van der Waals surface area contributed by atoms with Crippen LogP contribution in [-0.2, 0) is 9.05 Å². The van der Waals surface area contributed by atoms with Crippen LogP contribution < -0.4 is 4.52 Å². The quantitative estimate of drug-likeness (QED) is 0.508. The molecule has 0 bridgehead atoms. The second kappa shape index (κ2) is 8.23. The molecule has 0 spiro atoms. The van der Waals surface area contributed by atoms with Crippen molar-refractivity contribution in [2.75, 3.05) is 6.61 Å². The highest BCUT2D eigenvalue weighted by Crippen LogP contribution is 2.46. The summed E-state index contributed by atoms with van der Waals surface area (Å²) in [6, 6.07) is 7.07. The third-order valence-corrected chi connectivity index (χ3v) is 4.19. The highest BCUT2D eigenvalue weighted by molar-refractivity contribution is 7.43. The monoisotopic (exact) mass is 296 g/mol. The van der Waals surface area contributed by atoms with E-state index in [1.54, 1.807) is 18.2 Å². The molecule has 20 heavy (non-hydrogen) atoms. The standard InChI is InChI=1S/C15H21O4P/c1-2-3-4-5-6-9-12-17-20-18-14-11-8-7-10-13(14)15(16)19-20/h7-8,10-11H,2-6,9,12H2,1H3. The molecule has 1 aliphatic rings. The molecule has 0 radical (unpaired) electrons. The molecule has 1 heterocycles. The van der Waals surface area contributed by atoms with Gasteiger partial charge in [-0.15, -0.1) is 0 Å². The van der Waals surface area contributed by atoms with Crippen molar-refractivity contribution in [3.05, 3.63) is 29.8 Å². The summed E-state index contributed by atoms with van der Waals surface area (Å²) in [5.41, 5.74) is 0.467. The molecule has 0 fully saturated rings. The molecule has 4 nitrogen and oxygen atoms in total. The smallest absolute Gasteiger partial charge is 0.417 e. The van der Waals surface area contributed by atoms with Crippen molar-refractivity contribution < 1.29 is 18.4 Å². The average Bonchev–Trinajstić information content (AvgIpc) is 2.46. The van der Waals surface area contributed by atoms with Crippen molar-refractivity contribution >= 4 is 14.6 Å². The van der Waals surface area contributed by atoms with Crippen LogP contribution in [0.4, 0.5) is 0 Å². The fourth-order valence-electron chi connectivity index (χ4n) is 2.00. The molecular formula is C15H21O4P. The number of carbonyl (C=O) groups is 1. The summed E-state index contributed by atoms with van der Waals surface area (Å²) in [6.45, 7) is 2.78. The minimum Gasteiger partial charge on any atom is -0.417 e. The lowest BCUT2D eigenvalue weighted by Gasteiger charge is -2.22. The summed E-state index contributed by atoms with van der Waals surface area (Å²) < 4.78 is 16.2. The molecule has 110 valence electrons. The van der Waals surface area contributed by atoms with Gasteiger partial charge in [0, 0.05) is 0 Å². The normalized spacial score (nSPS) is 17.2. The van der Waals surface area contributed by atoms with E-state index < -0.39 is 8.60 Å². The fraction of sp³-hybridized carbons (Fsp3) is 0.533. The summed E-state index contributed by atoms with van der Waals surface area (Å²) in [7, 11) is -1.57. The second-order valence-corrected chi connectivity index (χ2v) is 5.86. The topological polar surface area (TPSA) is 44.8 Å². The van der Waals surface area contributed by atoms with E-state index in [1.807, 2.05) is 6.07 Å². The van der Waals surface area contributed by atoms with Gasteiger partial charge in [-0.25, -0.2) is 4.79 Å². The van der Waals surface area contributed by atoms with E-state index in [-0.39, 0.29) is 5.97 Å². The Bertz CT molecular complexity index is 436. The third kappa shape index (κ3) is 4.46. The number of fused-ring (bicyclic) bond motifs is 1. The molecule has 0 saturated heterocycles. The molecule has 1 aliphatic heterocycles. The Kier molecular flexibility index (Phi) is 6.28. The van der Waals surface area contributed by atoms with Crippen LogP contribution in [0.3, 0.4) is 0 Å². The number of unbranched alkanes of at least 4 members (excludes halogenated alkanes) is 5. The van der Waals surface area contributed by atoms with Gasteiger partial charge in [-0.2, -0.15) is 0 Å². The Hall–Kier alpha value is -1.12. The van der Waals surface area contributed by atoms with E-state index in [4.69, 9.17) is 13.6 Å². The molecule has 1 atom stereocenters. The predicted octanol–water partition coefficient (Wildman–Crippen LogP) is 4.84. The van der Waals surface area contributed by atoms with Gasteiger partial charge in [0.1, 0.15) is 11.3 Å². The Morgan fingerprint density at radius 3 is 2.65 bits per heavy atom. The largest absolute Gasteiger partial charge is 0.465 e. The SMILES string of the molecule is CCCCCCCCOP1OC(=O)c2ccccc2O1. The van der Waals surface area contributed by atoms with E-state index in [2.05, 4.69) is 6.92 Å². The summed E-state index contributed by atoms with van der Waals surface area (Å²) in [5, 5.41) is 0. The highest BCUT2D eigenvalue weighted by Gasteiger charge is 2.30. The number of carbonyl (C=O) groups excluding carboxylic acids is 1. The van der Waals surface area contributed by atoms with Crippen molar-refractivity contribution in [1.29, 1.82) is 0 Å². The zero-order valence-corrected chi connectivity index (χ0v) is 12.7. The van der Waals surface area contributed by atoms with Gasteiger partial charge in [-0.05, 0) is 18.6 Å². The van der Waals surface area contributed by atoms with Crippen LogP contribution in [0.5, 0.6) is 5.75 Å². The number of rotatable bonds is 8. The van der Waals surface area contributed by atoms with Crippen LogP contribution in [0.15, 0.2) is 24.3 Å². The van der Waals surface area contributed by atoms with Crippen LogP contribution in [0.1, 0.15) is 55.8 Å². The number of para-hydroxylation sites is 1. The summed E-state index contributed by atoms with van der Waals surface area (Å²) in [4.78, 5) is 11.7. The molecule has 1 aromatic rings. The maximum Gasteiger partial charge on any atom is 0.465 e. The highest BCUT2D eigenvalue weighted by atomic mass is 31.2. The van der Waals surface area contributed by atoms with Gasteiger partial charge in [0.25, 0.3) is 0 Å². The first-order valence-corrected chi connectivity index (χ1v) is 8.33. The van der Waals surface area contributed by atoms with Crippen molar-refractivity contribution in [3.63, 3.8) is 0 Å². The van der Waals surface area contributed by atoms with Gasteiger partial charge in [0.2, 0.25) is 0 Å². The van der Waals surface area contributed by atoms with E-state index in [9.17, 15) is 4.79 Å². The molecule has 0 saturated carbocycles. The molecule has 1 aromatic carbocycles. The molecule has 0 N–H and O–H groups in total. The lowest BCUT2D eigenvalue weighted by Crippen LogP contribution is -2.13. The summed E-state index contributed by atoms with van der Waals surface area (Å²) >= 11 is 0. The fourth-order valence-corrected chi connectivity index (χ4v) is 2.98. The summed E-state index contributed by atoms with van der Waals surface area (Å²) in [5.74, 6) is 0.193. The van der Waals surface area contributed by atoms with E-state index in [0.717, 1.165) is 12.8 Å². The molecule has 0 aromatic heterocycles. The summed E-state index contributed by atoms with van der Waals surface area (Å²) in [6.07, 6.45) is 7.19. The predicted molar refractivity (Wildman–Crippen MR) is 78.7 cm³/mol.